The van der Waals surface area contributed by atoms with Gasteiger partial charge in [0, 0.05) is 49.9 Å². The van der Waals surface area contributed by atoms with Crippen molar-refractivity contribution in [2.24, 2.45) is 0 Å². The van der Waals surface area contributed by atoms with Gasteiger partial charge in [0.2, 0.25) is 0 Å². The Kier molecular flexibility index (Phi) is 6.81. The van der Waals surface area contributed by atoms with E-state index in [0.29, 0.717) is 13.1 Å². The summed E-state index contributed by atoms with van der Waals surface area (Å²) in [6.45, 7) is 6.22. The molecule has 1 fully saturated rings. The number of hydrogen-bond acceptors (Lipinski definition) is 5. The van der Waals surface area contributed by atoms with Crippen molar-refractivity contribution in [3.63, 3.8) is 0 Å². The Morgan fingerprint density at radius 3 is 2.10 bits per heavy atom. The highest BCUT2D eigenvalue weighted by atomic mass is 32.1. The van der Waals surface area contributed by atoms with Crippen molar-refractivity contribution in [1.82, 2.24) is 13.4 Å². The smallest absolute Gasteiger partial charge is 0.341 e. The second-order valence-corrected chi connectivity index (χ2v) is 8.66. The molecule has 158 valence electrons. The topological polar surface area (TPSA) is 50.5 Å². The van der Waals surface area contributed by atoms with E-state index >= 15 is 0 Å². The molecule has 0 amide bonds. The van der Waals surface area contributed by atoms with Gasteiger partial charge >= 0.3 is 10.6 Å². The van der Waals surface area contributed by atoms with Crippen molar-refractivity contribution in [3.05, 3.63) is 86.4 Å². The van der Waals surface area contributed by atoms with Gasteiger partial charge in [0.1, 0.15) is 0 Å². The molecule has 0 radical (unpaired) electrons. The molecule has 2 heterocycles. The predicted octanol–water partition coefficient (Wildman–Crippen LogP) is 2.72. The van der Waals surface area contributed by atoms with E-state index in [4.69, 9.17) is 0 Å². The molecular formula is C23H28N4O2S. The Morgan fingerprint density at radius 1 is 0.767 bits per heavy atom. The van der Waals surface area contributed by atoms with Crippen molar-refractivity contribution in [2.75, 3.05) is 37.6 Å². The van der Waals surface area contributed by atoms with Gasteiger partial charge in [-0.2, -0.15) is 0 Å². The lowest BCUT2D eigenvalue weighted by molar-refractivity contribution is 0.251. The van der Waals surface area contributed by atoms with Crippen LogP contribution in [0.25, 0.3) is 0 Å². The molecule has 1 aliphatic rings. The number of rotatable bonds is 8. The first-order valence-electron chi connectivity index (χ1n) is 10.6. The molecule has 30 heavy (non-hydrogen) atoms. The third kappa shape index (κ3) is 5.09. The van der Waals surface area contributed by atoms with Crippen molar-refractivity contribution < 1.29 is 0 Å². The second-order valence-electron chi connectivity index (χ2n) is 7.68. The molecule has 0 aliphatic carbocycles. The van der Waals surface area contributed by atoms with E-state index in [9.17, 15) is 9.59 Å². The lowest BCUT2D eigenvalue weighted by atomic mass is 10.2. The number of piperazine rings is 1. The molecule has 1 saturated heterocycles. The average molecular weight is 425 g/mol. The SMILES string of the molecule is O=c1sn(CCCCN2CCN(c3ccccc3)CC2)c(=O)n1Cc1ccccc1. The van der Waals surface area contributed by atoms with Crippen LogP contribution >= 0.6 is 11.5 Å². The van der Waals surface area contributed by atoms with Gasteiger partial charge in [-0.1, -0.05) is 48.5 Å². The van der Waals surface area contributed by atoms with Crippen LogP contribution in [-0.2, 0) is 13.1 Å². The Bertz CT molecular complexity index is 1030. The van der Waals surface area contributed by atoms with Gasteiger partial charge in [0.15, 0.2) is 0 Å². The van der Waals surface area contributed by atoms with Gasteiger partial charge in [-0.25, -0.2) is 13.3 Å². The average Bonchev–Trinajstić information content (AvgIpc) is 3.06. The summed E-state index contributed by atoms with van der Waals surface area (Å²) in [6, 6.07) is 20.2. The fourth-order valence-corrected chi connectivity index (χ4v) is 4.72. The summed E-state index contributed by atoms with van der Waals surface area (Å²) in [4.78, 5) is 29.6. The van der Waals surface area contributed by atoms with Crippen LogP contribution in [-0.4, -0.2) is 46.1 Å². The Labute approximate surface area is 180 Å². The van der Waals surface area contributed by atoms with Crippen LogP contribution in [0.2, 0.25) is 0 Å². The van der Waals surface area contributed by atoms with Crippen LogP contribution in [0.15, 0.2) is 70.3 Å². The Balaban J connectivity index is 1.22. The van der Waals surface area contributed by atoms with E-state index < -0.39 is 0 Å². The van der Waals surface area contributed by atoms with Gasteiger partial charge in [-0.3, -0.25) is 9.69 Å². The third-order valence-corrected chi connectivity index (χ3v) is 6.55. The zero-order chi connectivity index (χ0) is 20.8. The Morgan fingerprint density at radius 2 is 1.40 bits per heavy atom. The molecular weight excluding hydrogens is 396 g/mol. The maximum Gasteiger partial charge on any atom is 0.341 e. The van der Waals surface area contributed by atoms with E-state index in [1.165, 1.54) is 10.3 Å². The lowest BCUT2D eigenvalue weighted by Gasteiger charge is -2.36. The van der Waals surface area contributed by atoms with E-state index in [1.807, 2.05) is 30.3 Å². The van der Waals surface area contributed by atoms with Crippen LogP contribution in [0.3, 0.4) is 0 Å². The zero-order valence-corrected chi connectivity index (χ0v) is 18.0. The zero-order valence-electron chi connectivity index (χ0n) is 17.2. The first kappa shape index (κ1) is 20.6. The molecule has 1 aromatic heterocycles. The highest BCUT2D eigenvalue weighted by Crippen LogP contribution is 2.15. The van der Waals surface area contributed by atoms with Crippen molar-refractivity contribution in [1.29, 1.82) is 0 Å². The van der Waals surface area contributed by atoms with Crippen molar-refractivity contribution in [2.45, 2.75) is 25.9 Å². The minimum atomic E-state index is -0.190. The summed E-state index contributed by atoms with van der Waals surface area (Å²) < 4.78 is 2.95. The van der Waals surface area contributed by atoms with Crippen LogP contribution in [0.4, 0.5) is 5.69 Å². The van der Waals surface area contributed by atoms with Crippen molar-refractivity contribution in [3.8, 4) is 0 Å². The van der Waals surface area contributed by atoms with Gasteiger partial charge < -0.3 is 4.90 Å². The molecule has 0 unspecified atom stereocenters. The van der Waals surface area contributed by atoms with Gasteiger partial charge in [-0.15, -0.1) is 0 Å². The summed E-state index contributed by atoms with van der Waals surface area (Å²) >= 11 is 1.04. The molecule has 0 N–H and O–H groups in total. The third-order valence-electron chi connectivity index (χ3n) is 5.62. The fourth-order valence-electron chi connectivity index (χ4n) is 3.89. The minimum absolute atomic E-state index is 0.180. The quantitative estimate of drug-likeness (QED) is 0.522. The summed E-state index contributed by atoms with van der Waals surface area (Å²) in [5, 5.41) is 0. The van der Waals surface area contributed by atoms with E-state index in [0.717, 1.165) is 62.7 Å². The number of nitrogens with zero attached hydrogens (tertiary/aromatic N) is 4. The molecule has 6 nitrogen and oxygen atoms in total. The lowest BCUT2D eigenvalue weighted by Crippen LogP contribution is -2.46. The summed E-state index contributed by atoms with van der Waals surface area (Å²) in [5.74, 6) is 0. The Hall–Kier alpha value is -2.64. The van der Waals surface area contributed by atoms with Gasteiger partial charge in [0.05, 0.1) is 6.54 Å². The highest BCUT2D eigenvalue weighted by molar-refractivity contribution is 7.03. The molecule has 7 heteroatoms. The maximum atomic E-state index is 12.6. The summed E-state index contributed by atoms with van der Waals surface area (Å²) in [5.41, 5.74) is 2.08. The summed E-state index contributed by atoms with van der Waals surface area (Å²) in [6.07, 6.45) is 1.94. The molecule has 4 rings (SSSR count). The fraction of sp³-hybridized carbons (Fsp3) is 0.391. The second kappa shape index (κ2) is 9.91. The maximum absolute atomic E-state index is 12.6. The number of hydrogen-bond donors (Lipinski definition) is 0. The molecule has 1 aliphatic heterocycles. The standard InChI is InChI=1S/C23H28N4O2S/c28-22-26(19-20-9-3-1-4-10-20)23(29)30-27(22)14-8-7-13-24-15-17-25(18-16-24)21-11-5-2-6-12-21/h1-6,9-12H,7-8,13-19H2. The minimum Gasteiger partial charge on any atom is -0.369 e. The number of anilines is 1. The number of unbranched alkanes of at least 4 members (excludes halogenated alkanes) is 1. The molecule has 0 spiro atoms. The number of para-hydroxylation sites is 1. The highest BCUT2D eigenvalue weighted by Gasteiger charge is 2.16. The predicted molar refractivity (Wildman–Crippen MR) is 123 cm³/mol. The number of aryl methyl sites for hydroxylation is 1. The van der Waals surface area contributed by atoms with Crippen molar-refractivity contribution >= 4 is 17.2 Å². The summed E-state index contributed by atoms with van der Waals surface area (Å²) in [7, 11) is 0. The van der Waals surface area contributed by atoms with Crippen LogP contribution in [0.5, 0.6) is 0 Å². The van der Waals surface area contributed by atoms with Crippen LogP contribution in [0, 0.1) is 0 Å². The normalized spacial score (nSPS) is 14.9. The molecule has 3 aromatic rings. The van der Waals surface area contributed by atoms with Gasteiger partial charge in [0.25, 0.3) is 0 Å². The first-order valence-corrected chi connectivity index (χ1v) is 11.4. The monoisotopic (exact) mass is 424 g/mol. The molecule has 0 atom stereocenters. The van der Waals surface area contributed by atoms with Crippen LogP contribution in [0.1, 0.15) is 18.4 Å². The largest absolute Gasteiger partial charge is 0.369 e. The first-order chi connectivity index (χ1) is 14.7. The molecule has 0 saturated carbocycles. The number of benzene rings is 2. The number of aromatic nitrogens is 2. The van der Waals surface area contributed by atoms with Crippen LogP contribution < -0.4 is 15.5 Å². The van der Waals surface area contributed by atoms with E-state index in [-0.39, 0.29) is 10.6 Å². The van der Waals surface area contributed by atoms with E-state index in [1.54, 1.807) is 3.96 Å². The van der Waals surface area contributed by atoms with E-state index in [2.05, 4.69) is 40.1 Å². The molecule has 2 aromatic carbocycles. The molecule has 0 bridgehead atoms. The van der Waals surface area contributed by atoms with Gasteiger partial charge in [-0.05, 0) is 37.1 Å².